The van der Waals surface area contributed by atoms with Crippen molar-refractivity contribution in [2.75, 3.05) is 0 Å². The summed E-state index contributed by atoms with van der Waals surface area (Å²) in [5, 5.41) is 10.7. The topological polar surface area (TPSA) is 37.3 Å². The van der Waals surface area contributed by atoms with Crippen molar-refractivity contribution in [3.63, 3.8) is 0 Å². The SMILES string of the molecule is O=C(O)CCCCCCCCCCCCCCCCc1cccs1. The highest BCUT2D eigenvalue weighted by Crippen LogP contribution is 2.15. The highest BCUT2D eigenvalue weighted by molar-refractivity contribution is 7.09. The second kappa shape index (κ2) is 15.7. The first kappa shape index (κ1) is 21.2. The van der Waals surface area contributed by atoms with Crippen molar-refractivity contribution in [2.24, 2.45) is 0 Å². The monoisotopic (exact) mass is 352 g/mol. The van der Waals surface area contributed by atoms with Crippen molar-refractivity contribution < 1.29 is 9.90 Å². The molecule has 0 amide bonds. The summed E-state index contributed by atoms with van der Waals surface area (Å²) >= 11 is 1.89. The van der Waals surface area contributed by atoms with Gasteiger partial charge >= 0.3 is 5.97 Å². The van der Waals surface area contributed by atoms with Crippen molar-refractivity contribution >= 4 is 17.3 Å². The van der Waals surface area contributed by atoms with E-state index in [-0.39, 0.29) is 0 Å². The van der Waals surface area contributed by atoms with E-state index in [1.54, 1.807) is 0 Å². The van der Waals surface area contributed by atoms with Gasteiger partial charge in [-0.15, -0.1) is 11.3 Å². The highest BCUT2D eigenvalue weighted by Gasteiger charge is 1.97. The Bertz CT molecular complexity index is 387. The lowest BCUT2D eigenvalue weighted by Crippen LogP contribution is -1.93. The van der Waals surface area contributed by atoms with E-state index in [0.717, 1.165) is 12.8 Å². The van der Waals surface area contributed by atoms with E-state index in [1.807, 2.05) is 11.3 Å². The molecular weight excluding hydrogens is 316 g/mol. The third kappa shape index (κ3) is 13.6. The van der Waals surface area contributed by atoms with Gasteiger partial charge < -0.3 is 5.11 Å². The van der Waals surface area contributed by atoms with Gasteiger partial charge in [-0.25, -0.2) is 0 Å². The second-order valence-electron chi connectivity index (χ2n) is 6.92. The number of unbranched alkanes of at least 4 members (excludes halogenated alkanes) is 13. The summed E-state index contributed by atoms with van der Waals surface area (Å²) in [6.07, 6.45) is 19.9. The molecule has 0 aliphatic rings. The Balaban J connectivity index is 1.68. The zero-order chi connectivity index (χ0) is 17.3. The lowest BCUT2D eigenvalue weighted by Gasteiger charge is -2.03. The molecule has 1 rings (SSSR count). The highest BCUT2D eigenvalue weighted by atomic mass is 32.1. The fourth-order valence-corrected chi connectivity index (χ4v) is 3.90. The summed E-state index contributed by atoms with van der Waals surface area (Å²) in [6.45, 7) is 0. The lowest BCUT2D eigenvalue weighted by atomic mass is 10.0. The Morgan fingerprint density at radius 1 is 0.750 bits per heavy atom. The van der Waals surface area contributed by atoms with Crippen molar-refractivity contribution in [3.05, 3.63) is 22.4 Å². The Kier molecular flexibility index (Phi) is 13.9. The largest absolute Gasteiger partial charge is 0.481 e. The minimum absolute atomic E-state index is 0.341. The van der Waals surface area contributed by atoms with Crippen LogP contribution in [0.4, 0.5) is 0 Å². The van der Waals surface area contributed by atoms with E-state index in [2.05, 4.69) is 17.5 Å². The van der Waals surface area contributed by atoms with Crippen LogP contribution < -0.4 is 0 Å². The Hall–Kier alpha value is -0.830. The van der Waals surface area contributed by atoms with Gasteiger partial charge in [0, 0.05) is 11.3 Å². The van der Waals surface area contributed by atoms with Gasteiger partial charge in [0.15, 0.2) is 0 Å². The number of hydrogen-bond donors (Lipinski definition) is 1. The van der Waals surface area contributed by atoms with E-state index < -0.39 is 5.97 Å². The van der Waals surface area contributed by atoms with E-state index in [4.69, 9.17) is 5.11 Å². The van der Waals surface area contributed by atoms with Crippen molar-refractivity contribution in [1.29, 1.82) is 0 Å². The minimum atomic E-state index is -0.655. The first-order chi connectivity index (χ1) is 11.8. The molecule has 0 radical (unpaired) electrons. The van der Waals surface area contributed by atoms with Crippen LogP contribution in [0.2, 0.25) is 0 Å². The zero-order valence-electron chi connectivity index (χ0n) is 15.3. The quantitative estimate of drug-likeness (QED) is 0.300. The molecule has 0 fully saturated rings. The molecule has 1 aromatic rings. The van der Waals surface area contributed by atoms with Crippen LogP contribution in [0.3, 0.4) is 0 Å². The first-order valence-electron chi connectivity index (χ1n) is 10.0. The zero-order valence-corrected chi connectivity index (χ0v) is 16.1. The van der Waals surface area contributed by atoms with E-state index in [1.165, 1.54) is 88.3 Å². The molecule has 1 N–H and O–H groups in total. The van der Waals surface area contributed by atoms with E-state index in [0.29, 0.717) is 6.42 Å². The number of carboxylic acids is 1. The maximum absolute atomic E-state index is 10.4. The maximum atomic E-state index is 10.4. The molecule has 138 valence electrons. The van der Waals surface area contributed by atoms with Crippen molar-refractivity contribution in [3.8, 4) is 0 Å². The number of thiophene rings is 1. The van der Waals surface area contributed by atoms with Gasteiger partial charge in [-0.3, -0.25) is 4.79 Å². The van der Waals surface area contributed by atoms with Crippen molar-refractivity contribution in [2.45, 2.75) is 103 Å². The van der Waals surface area contributed by atoms with Crippen LogP contribution in [0.1, 0.15) is 101 Å². The van der Waals surface area contributed by atoms with Crippen LogP contribution in [0.25, 0.3) is 0 Å². The first-order valence-corrected chi connectivity index (χ1v) is 10.9. The molecule has 24 heavy (non-hydrogen) atoms. The summed E-state index contributed by atoms with van der Waals surface area (Å²) in [4.78, 5) is 11.9. The molecule has 1 heterocycles. The van der Waals surface area contributed by atoms with Gasteiger partial charge in [-0.1, -0.05) is 83.1 Å². The summed E-state index contributed by atoms with van der Waals surface area (Å²) in [5.74, 6) is -0.655. The summed E-state index contributed by atoms with van der Waals surface area (Å²) < 4.78 is 0. The standard InChI is InChI=1S/C21H36O2S/c22-21(23)18-14-12-10-8-6-4-2-1-3-5-7-9-11-13-16-20-17-15-19-24-20/h15,17,19H,1-14,16,18H2,(H,22,23). The van der Waals surface area contributed by atoms with Crippen LogP contribution in [-0.4, -0.2) is 11.1 Å². The van der Waals surface area contributed by atoms with Gasteiger partial charge in [0.1, 0.15) is 0 Å². The van der Waals surface area contributed by atoms with Gasteiger partial charge in [-0.05, 0) is 30.7 Å². The molecule has 0 bridgehead atoms. The smallest absolute Gasteiger partial charge is 0.303 e. The van der Waals surface area contributed by atoms with E-state index in [9.17, 15) is 4.79 Å². The van der Waals surface area contributed by atoms with Crippen molar-refractivity contribution in [1.82, 2.24) is 0 Å². The minimum Gasteiger partial charge on any atom is -0.481 e. The van der Waals surface area contributed by atoms with Gasteiger partial charge in [0.25, 0.3) is 0 Å². The van der Waals surface area contributed by atoms with Crippen LogP contribution in [0.5, 0.6) is 0 Å². The number of carbonyl (C=O) groups is 1. The number of carboxylic acid groups (broad SMARTS) is 1. The summed E-state index contributed by atoms with van der Waals surface area (Å²) in [6, 6.07) is 4.40. The molecule has 2 nitrogen and oxygen atoms in total. The molecule has 0 atom stereocenters. The molecule has 0 unspecified atom stereocenters. The predicted octanol–water partition coefficient (Wildman–Crippen LogP) is 7.23. The van der Waals surface area contributed by atoms with Crippen LogP contribution in [0.15, 0.2) is 17.5 Å². The Labute approximate surface area is 152 Å². The number of aryl methyl sites for hydroxylation is 1. The van der Waals surface area contributed by atoms with Gasteiger partial charge in [0.2, 0.25) is 0 Å². The molecule has 0 aliphatic carbocycles. The third-order valence-corrected chi connectivity index (χ3v) is 5.58. The van der Waals surface area contributed by atoms with Crippen LogP contribution >= 0.6 is 11.3 Å². The Morgan fingerprint density at radius 3 is 1.62 bits per heavy atom. The number of hydrogen-bond acceptors (Lipinski definition) is 2. The molecule has 0 spiro atoms. The predicted molar refractivity (Wildman–Crippen MR) is 105 cm³/mol. The number of rotatable bonds is 17. The Morgan fingerprint density at radius 2 is 1.21 bits per heavy atom. The summed E-state index contributed by atoms with van der Waals surface area (Å²) in [5.41, 5.74) is 0. The average molecular weight is 353 g/mol. The van der Waals surface area contributed by atoms with E-state index >= 15 is 0 Å². The van der Waals surface area contributed by atoms with Gasteiger partial charge in [-0.2, -0.15) is 0 Å². The lowest BCUT2D eigenvalue weighted by molar-refractivity contribution is -0.137. The fourth-order valence-electron chi connectivity index (χ4n) is 3.15. The van der Waals surface area contributed by atoms with Gasteiger partial charge in [0.05, 0.1) is 0 Å². The molecule has 1 aromatic heterocycles. The molecule has 0 aromatic carbocycles. The second-order valence-corrected chi connectivity index (χ2v) is 7.96. The molecule has 0 saturated heterocycles. The maximum Gasteiger partial charge on any atom is 0.303 e. The molecule has 0 aliphatic heterocycles. The molecule has 3 heteroatoms. The number of aliphatic carboxylic acids is 1. The molecular formula is C21H36O2S. The van der Waals surface area contributed by atoms with Crippen LogP contribution in [-0.2, 0) is 11.2 Å². The average Bonchev–Trinajstić information content (AvgIpc) is 3.07. The normalized spacial score (nSPS) is 11.0. The third-order valence-electron chi connectivity index (χ3n) is 4.64. The fraction of sp³-hybridized carbons (Fsp3) is 0.762. The summed E-state index contributed by atoms with van der Waals surface area (Å²) in [7, 11) is 0. The van der Waals surface area contributed by atoms with Crippen LogP contribution in [0, 0.1) is 0 Å². The molecule has 0 saturated carbocycles.